The summed E-state index contributed by atoms with van der Waals surface area (Å²) in [6, 6.07) is 7.19. The minimum atomic E-state index is -0.272. The van der Waals surface area contributed by atoms with Crippen LogP contribution in [0.1, 0.15) is 27.7 Å². The molecule has 0 aliphatic rings. The summed E-state index contributed by atoms with van der Waals surface area (Å²) in [6.45, 7) is 7.72. The molecule has 0 aliphatic carbocycles. The number of aliphatic hydroxyl groups is 1. The van der Waals surface area contributed by atoms with Gasteiger partial charge in [0.25, 0.3) is 0 Å². The van der Waals surface area contributed by atoms with Crippen LogP contribution in [0.25, 0.3) is 0 Å². The molecule has 0 unspecified atom stereocenters. The Morgan fingerprint density at radius 2 is 2.00 bits per heavy atom. The van der Waals surface area contributed by atoms with E-state index in [-0.39, 0.29) is 29.2 Å². The van der Waals surface area contributed by atoms with Crippen molar-refractivity contribution in [3.63, 3.8) is 0 Å². The number of hydrogen-bond donors (Lipinski definition) is 2. The highest BCUT2D eigenvalue weighted by Crippen LogP contribution is 2.30. The summed E-state index contributed by atoms with van der Waals surface area (Å²) >= 11 is 7.50. The molecule has 1 aromatic rings. The number of benzene rings is 1. The Morgan fingerprint density at radius 1 is 1.40 bits per heavy atom. The van der Waals surface area contributed by atoms with E-state index in [2.05, 4.69) is 5.32 Å². The third-order valence-electron chi connectivity index (χ3n) is 3.05. The van der Waals surface area contributed by atoms with E-state index in [1.165, 1.54) is 11.8 Å². The van der Waals surface area contributed by atoms with E-state index < -0.39 is 0 Å². The largest absolute Gasteiger partial charge is 0.394 e. The van der Waals surface area contributed by atoms with E-state index in [1.807, 2.05) is 45.9 Å². The number of aliphatic hydroxyl groups excluding tert-OH is 1. The van der Waals surface area contributed by atoms with Gasteiger partial charge in [-0.15, -0.1) is 11.8 Å². The smallest absolute Gasteiger partial charge is 0.233 e. The van der Waals surface area contributed by atoms with Gasteiger partial charge in [0.15, 0.2) is 0 Å². The van der Waals surface area contributed by atoms with Gasteiger partial charge in [-0.1, -0.05) is 44.5 Å². The average molecular weight is 316 g/mol. The van der Waals surface area contributed by atoms with Gasteiger partial charge in [-0.25, -0.2) is 0 Å². The highest BCUT2D eigenvalue weighted by molar-refractivity contribution is 8.00. The molecule has 112 valence electrons. The van der Waals surface area contributed by atoms with Gasteiger partial charge in [0, 0.05) is 4.90 Å². The van der Waals surface area contributed by atoms with Crippen molar-refractivity contribution in [2.45, 2.75) is 43.9 Å². The summed E-state index contributed by atoms with van der Waals surface area (Å²) in [5.74, 6) is -0.0936. The Bertz CT molecular complexity index is 459. The first-order valence-electron chi connectivity index (χ1n) is 6.58. The first kappa shape index (κ1) is 17.3. The topological polar surface area (TPSA) is 49.3 Å². The maximum Gasteiger partial charge on any atom is 0.233 e. The third kappa shape index (κ3) is 5.00. The fraction of sp³-hybridized carbons (Fsp3) is 0.533. The number of hydrogen-bond acceptors (Lipinski definition) is 3. The van der Waals surface area contributed by atoms with Gasteiger partial charge in [-0.3, -0.25) is 4.79 Å². The molecule has 0 bridgehead atoms. The second-order valence-corrected chi connectivity index (χ2v) is 7.59. The number of amides is 1. The van der Waals surface area contributed by atoms with Crippen LogP contribution in [0.4, 0.5) is 0 Å². The fourth-order valence-electron chi connectivity index (χ4n) is 1.61. The van der Waals surface area contributed by atoms with E-state index in [1.54, 1.807) is 6.07 Å². The average Bonchev–Trinajstić information content (AvgIpc) is 2.36. The Kier molecular flexibility index (Phi) is 6.37. The number of thioether (sulfide) groups is 1. The molecule has 3 nitrogen and oxygen atoms in total. The molecule has 0 heterocycles. The molecule has 0 saturated heterocycles. The zero-order chi connectivity index (χ0) is 15.3. The monoisotopic (exact) mass is 315 g/mol. The normalized spacial score (nSPS) is 14.7. The lowest BCUT2D eigenvalue weighted by Crippen LogP contribution is -2.48. The van der Waals surface area contributed by atoms with Gasteiger partial charge in [0.1, 0.15) is 0 Å². The van der Waals surface area contributed by atoms with Gasteiger partial charge in [-0.2, -0.15) is 0 Å². The number of rotatable bonds is 5. The molecular weight excluding hydrogens is 294 g/mol. The molecule has 2 N–H and O–H groups in total. The Balaban J connectivity index is 2.66. The van der Waals surface area contributed by atoms with Crippen LogP contribution in [0.2, 0.25) is 5.02 Å². The summed E-state index contributed by atoms with van der Waals surface area (Å²) in [6.07, 6.45) is 0. The summed E-state index contributed by atoms with van der Waals surface area (Å²) in [5, 5.41) is 12.6. The molecule has 0 aliphatic heterocycles. The Labute approximate surface area is 130 Å². The minimum Gasteiger partial charge on any atom is -0.394 e. The maximum absolute atomic E-state index is 12.2. The molecule has 5 heteroatoms. The van der Waals surface area contributed by atoms with Gasteiger partial charge in [-0.05, 0) is 24.5 Å². The van der Waals surface area contributed by atoms with Crippen LogP contribution in [-0.4, -0.2) is 28.9 Å². The summed E-state index contributed by atoms with van der Waals surface area (Å²) in [5.41, 5.74) is -0.181. The highest BCUT2D eigenvalue weighted by atomic mass is 35.5. The number of halogens is 1. The zero-order valence-electron chi connectivity index (χ0n) is 12.3. The first-order valence-corrected chi connectivity index (χ1v) is 7.84. The second kappa shape index (κ2) is 7.34. The maximum atomic E-state index is 12.2. The van der Waals surface area contributed by atoms with Gasteiger partial charge >= 0.3 is 0 Å². The molecule has 1 amide bonds. The van der Waals surface area contributed by atoms with E-state index in [0.29, 0.717) is 5.02 Å². The molecule has 0 saturated carbocycles. The molecule has 1 aromatic carbocycles. The first-order chi connectivity index (χ1) is 9.25. The van der Waals surface area contributed by atoms with Crippen LogP contribution in [0.3, 0.4) is 0 Å². The van der Waals surface area contributed by atoms with Crippen molar-refractivity contribution < 1.29 is 9.90 Å². The Hall–Kier alpha value is -0.710. The molecule has 0 spiro atoms. The number of carbonyl (C=O) groups is 1. The fourth-order valence-corrected chi connectivity index (χ4v) is 2.77. The molecule has 0 aromatic heterocycles. The molecule has 20 heavy (non-hydrogen) atoms. The minimum absolute atomic E-state index is 0.0707. The van der Waals surface area contributed by atoms with Crippen molar-refractivity contribution in [3.05, 3.63) is 29.3 Å². The molecule has 0 radical (unpaired) electrons. The van der Waals surface area contributed by atoms with Crippen LogP contribution in [0, 0.1) is 5.41 Å². The van der Waals surface area contributed by atoms with Crippen molar-refractivity contribution in [1.29, 1.82) is 0 Å². The summed E-state index contributed by atoms with van der Waals surface area (Å²) in [7, 11) is 0. The van der Waals surface area contributed by atoms with E-state index in [9.17, 15) is 9.90 Å². The van der Waals surface area contributed by atoms with Crippen molar-refractivity contribution in [2.24, 2.45) is 5.41 Å². The third-order valence-corrected chi connectivity index (χ3v) is 4.67. The lowest BCUT2D eigenvalue weighted by atomic mass is 9.87. The number of nitrogens with one attached hydrogen (secondary N) is 1. The molecule has 2 atom stereocenters. The summed E-state index contributed by atoms with van der Waals surface area (Å²) < 4.78 is 0. The van der Waals surface area contributed by atoms with Gasteiger partial charge < -0.3 is 10.4 Å². The van der Waals surface area contributed by atoms with E-state index in [0.717, 1.165) is 4.90 Å². The molecule has 0 fully saturated rings. The van der Waals surface area contributed by atoms with E-state index >= 15 is 0 Å². The quantitative estimate of drug-likeness (QED) is 0.819. The van der Waals surface area contributed by atoms with Gasteiger partial charge in [0.05, 0.1) is 22.9 Å². The zero-order valence-corrected chi connectivity index (χ0v) is 13.9. The van der Waals surface area contributed by atoms with Crippen molar-refractivity contribution in [3.8, 4) is 0 Å². The van der Waals surface area contributed by atoms with Crippen molar-refractivity contribution >= 4 is 29.3 Å². The Morgan fingerprint density at radius 3 is 2.50 bits per heavy atom. The lowest BCUT2D eigenvalue weighted by Gasteiger charge is -2.30. The van der Waals surface area contributed by atoms with Crippen molar-refractivity contribution in [1.82, 2.24) is 5.32 Å². The highest BCUT2D eigenvalue weighted by Gasteiger charge is 2.27. The SMILES string of the molecule is C[C@@H](Sc1ccccc1Cl)C(=O)N[C@H](CO)C(C)(C)C. The molecular formula is C15H22ClNO2S. The van der Waals surface area contributed by atoms with Crippen LogP contribution < -0.4 is 5.32 Å². The predicted octanol–water partition coefficient (Wildman–Crippen LogP) is 3.34. The van der Waals surface area contributed by atoms with Crippen LogP contribution >= 0.6 is 23.4 Å². The van der Waals surface area contributed by atoms with E-state index in [4.69, 9.17) is 11.6 Å². The van der Waals surface area contributed by atoms with Crippen molar-refractivity contribution in [2.75, 3.05) is 6.61 Å². The standard InChI is InChI=1S/C15H22ClNO2S/c1-10(20-12-8-6-5-7-11(12)16)14(19)17-13(9-18)15(2,3)4/h5-8,10,13,18H,9H2,1-4H3,(H,17,19)/t10-,13-/m1/s1. The molecule has 1 rings (SSSR count). The number of carbonyl (C=O) groups excluding carboxylic acids is 1. The van der Waals surface area contributed by atoms with Crippen LogP contribution in [0.5, 0.6) is 0 Å². The van der Waals surface area contributed by atoms with Crippen LogP contribution in [0.15, 0.2) is 29.2 Å². The predicted molar refractivity (Wildman–Crippen MR) is 85.2 cm³/mol. The lowest BCUT2D eigenvalue weighted by molar-refractivity contribution is -0.122. The van der Waals surface area contributed by atoms with Crippen LogP contribution in [-0.2, 0) is 4.79 Å². The summed E-state index contributed by atoms with van der Waals surface area (Å²) in [4.78, 5) is 13.1. The second-order valence-electron chi connectivity index (χ2n) is 5.80. The van der Waals surface area contributed by atoms with Gasteiger partial charge in [0.2, 0.25) is 5.91 Å².